The summed E-state index contributed by atoms with van der Waals surface area (Å²) in [5.41, 5.74) is 4.52. The third-order valence-electron chi connectivity index (χ3n) is 9.31. The van der Waals surface area contributed by atoms with Gasteiger partial charge in [-0.3, -0.25) is 14.4 Å². The number of ketones is 3. The molecule has 4 nitrogen and oxygen atoms in total. The lowest BCUT2D eigenvalue weighted by Crippen LogP contribution is -2.61. The Labute approximate surface area is 213 Å². The minimum Gasteiger partial charge on any atom is -0.507 e. The predicted octanol–water partition coefficient (Wildman–Crippen LogP) is 6.67. The maximum absolute atomic E-state index is 14.4. The molecule has 0 radical (unpaired) electrons. The van der Waals surface area contributed by atoms with Crippen LogP contribution in [0.1, 0.15) is 69.7 Å². The van der Waals surface area contributed by atoms with E-state index in [2.05, 4.69) is 44.2 Å². The normalized spacial score (nSPS) is 29.6. The molecular formula is C32H34O4. The van der Waals surface area contributed by atoms with E-state index in [1.807, 2.05) is 26.8 Å². The summed E-state index contributed by atoms with van der Waals surface area (Å²) in [6, 6.07) is 12.4. The summed E-state index contributed by atoms with van der Waals surface area (Å²) in [7, 11) is 0. The van der Waals surface area contributed by atoms with Gasteiger partial charge >= 0.3 is 0 Å². The maximum atomic E-state index is 14.4. The molecule has 2 aromatic rings. The van der Waals surface area contributed by atoms with Crippen molar-refractivity contribution in [2.75, 3.05) is 0 Å². The Morgan fingerprint density at radius 3 is 2.14 bits per heavy atom. The molecule has 0 aliphatic heterocycles. The molecule has 1 fully saturated rings. The first-order chi connectivity index (χ1) is 16.7. The van der Waals surface area contributed by atoms with Crippen molar-refractivity contribution in [1.82, 2.24) is 0 Å². The Morgan fingerprint density at radius 2 is 1.53 bits per heavy atom. The second-order valence-electron chi connectivity index (χ2n) is 12.0. The van der Waals surface area contributed by atoms with Crippen molar-refractivity contribution in [3.05, 3.63) is 75.4 Å². The van der Waals surface area contributed by atoms with Gasteiger partial charge in [-0.2, -0.15) is 0 Å². The van der Waals surface area contributed by atoms with Crippen LogP contribution < -0.4 is 0 Å². The van der Waals surface area contributed by atoms with E-state index >= 15 is 0 Å². The van der Waals surface area contributed by atoms with Gasteiger partial charge in [-0.25, -0.2) is 0 Å². The summed E-state index contributed by atoms with van der Waals surface area (Å²) in [5, 5.41) is 11.8. The zero-order valence-electron chi connectivity index (χ0n) is 22.3. The third-order valence-corrected chi connectivity index (χ3v) is 9.31. The van der Waals surface area contributed by atoms with E-state index in [-0.39, 0.29) is 22.9 Å². The molecule has 36 heavy (non-hydrogen) atoms. The average molecular weight is 483 g/mol. The van der Waals surface area contributed by atoms with Gasteiger partial charge < -0.3 is 5.11 Å². The highest BCUT2D eigenvalue weighted by Crippen LogP contribution is 2.65. The predicted molar refractivity (Wildman–Crippen MR) is 142 cm³/mol. The molecular weight excluding hydrogens is 448 g/mol. The molecule has 0 bridgehead atoms. The third kappa shape index (κ3) is 3.03. The van der Waals surface area contributed by atoms with E-state index in [1.165, 1.54) is 12.5 Å². The van der Waals surface area contributed by atoms with Crippen molar-refractivity contribution in [2.24, 2.45) is 16.2 Å². The molecule has 3 aliphatic carbocycles. The average Bonchev–Trinajstić information content (AvgIpc) is 2.76. The lowest BCUT2D eigenvalue weighted by atomic mass is 9.42. The SMILES string of the molecule is CC(=O)C1=C(C)C[C@@]2(C)C[C@@]3(C)Cc4c(-c5ccc(C)cc5)ccc(C)c4C(O)=C3C(=O)[C@@]2(C)C1=O. The van der Waals surface area contributed by atoms with Gasteiger partial charge in [0.15, 0.2) is 17.3 Å². The highest BCUT2D eigenvalue weighted by Gasteiger charge is 2.66. The Bertz CT molecular complexity index is 1440. The summed E-state index contributed by atoms with van der Waals surface area (Å²) in [4.78, 5) is 40.6. The summed E-state index contributed by atoms with van der Waals surface area (Å²) in [6.45, 7) is 13.0. The van der Waals surface area contributed by atoms with E-state index in [0.717, 1.165) is 27.8 Å². The number of allylic oxidation sites excluding steroid dienone is 3. The summed E-state index contributed by atoms with van der Waals surface area (Å²) < 4.78 is 0. The van der Waals surface area contributed by atoms with Crippen molar-refractivity contribution in [2.45, 2.75) is 67.7 Å². The molecule has 0 heterocycles. The molecule has 4 heteroatoms. The smallest absolute Gasteiger partial charge is 0.180 e. The Hall–Kier alpha value is -3.27. The first-order valence-corrected chi connectivity index (χ1v) is 12.7. The van der Waals surface area contributed by atoms with E-state index in [4.69, 9.17) is 0 Å². The zero-order chi connectivity index (χ0) is 26.4. The zero-order valence-corrected chi connectivity index (χ0v) is 22.3. The van der Waals surface area contributed by atoms with Gasteiger partial charge in [0.05, 0.1) is 11.0 Å². The molecule has 0 amide bonds. The monoisotopic (exact) mass is 482 g/mol. The lowest BCUT2D eigenvalue weighted by molar-refractivity contribution is -0.152. The van der Waals surface area contributed by atoms with Crippen molar-refractivity contribution < 1.29 is 19.5 Å². The largest absolute Gasteiger partial charge is 0.507 e. The Morgan fingerprint density at radius 1 is 0.889 bits per heavy atom. The minimum atomic E-state index is -1.39. The van der Waals surface area contributed by atoms with Gasteiger partial charge in [-0.05, 0) is 81.5 Å². The fourth-order valence-electron chi connectivity index (χ4n) is 7.46. The summed E-state index contributed by atoms with van der Waals surface area (Å²) in [6.07, 6.45) is 1.67. The number of rotatable bonds is 2. The molecule has 1 saturated carbocycles. The lowest BCUT2D eigenvalue weighted by Gasteiger charge is -2.58. The maximum Gasteiger partial charge on any atom is 0.180 e. The topological polar surface area (TPSA) is 71.4 Å². The van der Waals surface area contributed by atoms with Gasteiger partial charge in [0.1, 0.15) is 5.76 Å². The second-order valence-corrected chi connectivity index (χ2v) is 12.0. The van der Waals surface area contributed by atoms with Crippen LogP contribution in [0.3, 0.4) is 0 Å². The van der Waals surface area contributed by atoms with Crippen LogP contribution in [0.4, 0.5) is 0 Å². The van der Waals surface area contributed by atoms with Gasteiger partial charge in [-0.1, -0.05) is 61.4 Å². The van der Waals surface area contributed by atoms with Gasteiger partial charge in [0.2, 0.25) is 0 Å². The van der Waals surface area contributed by atoms with Crippen LogP contribution in [0.5, 0.6) is 0 Å². The van der Waals surface area contributed by atoms with Gasteiger partial charge in [0.25, 0.3) is 0 Å². The van der Waals surface area contributed by atoms with Crippen LogP contribution in [0.25, 0.3) is 16.9 Å². The molecule has 3 aliphatic rings. The van der Waals surface area contributed by atoms with Crippen molar-refractivity contribution in [1.29, 1.82) is 0 Å². The number of aryl methyl sites for hydroxylation is 2. The van der Waals surface area contributed by atoms with Crippen molar-refractivity contribution in [3.63, 3.8) is 0 Å². The molecule has 0 aromatic heterocycles. The standard InChI is InChI=1S/C32H34O4/c1-17-8-11-21(12-9-17)22-13-10-18(2)25-23(22)15-30(5)16-31(6)14-19(3)24(20(4)33)28(35)32(31,7)29(36)26(30)27(25)34/h8-13,34H,14-16H2,1-7H3/t30-,31+,32-/m1/s1. The number of hydrogen-bond donors (Lipinski definition) is 1. The van der Waals surface area contributed by atoms with Crippen LogP contribution in [0.2, 0.25) is 0 Å². The molecule has 0 saturated heterocycles. The minimum absolute atomic E-state index is 0.0121. The van der Waals surface area contributed by atoms with Gasteiger partial charge in [-0.15, -0.1) is 0 Å². The molecule has 2 aromatic carbocycles. The quantitative estimate of drug-likeness (QED) is 0.383. The van der Waals surface area contributed by atoms with E-state index in [9.17, 15) is 19.5 Å². The summed E-state index contributed by atoms with van der Waals surface area (Å²) in [5.74, 6) is -1.04. The first kappa shape index (κ1) is 24.4. The number of carbonyl (C=O) groups is 3. The first-order valence-electron chi connectivity index (χ1n) is 12.7. The molecule has 186 valence electrons. The second kappa shape index (κ2) is 7.61. The van der Waals surface area contributed by atoms with E-state index < -0.39 is 22.0 Å². The molecule has 5 rings (SSSR count). The number of aliphatic hydroxyl groups is 1. The number of carbonyl (C=O) groups excluding carboxylic acids is 3. The van der Waals surface area contributed by atoms with E-state index in [1.54, 1.807) is 6.92 Å². The molecule has 3 atom stereocenters. The molecule has 0 unspecified atom stereocenters. The summed E-state index contributed by atoms with van der Waals surface area (Å²) >= 11 is 0. The number of hydrogen-bond acceptors (Lipinski definition) is 4. The van der Waals surface area contributed by atoms with Crippen molar-refractivity contribution >= 4 is 23.1 Å². The molecule has 1 N–H and O–H groups in total. The van der Waals surface area contributed by atoms with Crippen LogP contribution in [0.15, 0.2) is 53.1 Å². The number of fused-ring (bicyclic) bond motifs is 3. The molecule has 0 spiro atoms. The van der Waals surface area contributed by atoms with Crippen LogP contribution in [-0.2, 0) is 20.8 Å². The van der Waals surface area contributed by atoms with Crippen LogP contribution in [0, 0.1) is 30.1 Å². The number of benzene rings is 2. The fourth-order valence-corrected chi connectivity index (χ4v) is 7.46. The Kier molecular flexibility index (Phi) is 5.17. The van der Waals surface area contributed by atoms with Crippen molar-refractivity contribution in [3.8, 4) is 11.1 Å². The van der Waals surface area contributed by atoms with Crippen LogP contribution >= 0.6 is 0 Å². The van der Waals surface area contributed by atoms with Crippen LogP contribution in [-0.4, -0.2) is 22.5 Å². The number of Topliss-reactive ketones (excluding diaryl/α,β-unsaturated/α-hetero) is 3. The number of aliphatic hydroxyl groups excluding tert-OH is 1. The highest BCUT2D eigenvalue weighted by molar-refractivity contribution is 6.31. The Balaban J connectivity index is 1.76. The highest BCUT2D eigenvalue weighted by atomic mass is 16.3. The van der Waals surface area contributed by atoms with E-state index in [0.29, 0.717) is 30.4 Å². The fraction of sp³-hybridized carbons (Fsp3) is 0.406. The van der Waals surface area contributed by atoms with Gasteiger partial charge in [0, 0.05) is 16.6 Å².